The van der Waals surface area contributed by atoms with Crippen LogP contribution >= 0.6 is 0 Å². The van der Waals surface area contributed by atoms with E-state index in [0.717, 1.165) is 0 Å². The third-order valence-corrected chi connectivity index (χ3v) is 5.25. The van der Waals surface area contributed by atoms with E-state index in [0.29, 0.717) is 10.8 Å². The number of benzene rings is 1. The number of fused-ring (bicyclic) bond motifs is 3. The summed E-state index contributed by atoms with van der Waals surface area (Å²) in [7, 11) is 1.74. The Morgan fingerprint density at radius 2 is 1.56 bits per heavy atom. The van der Waals surface area contributed by atoms with Crippen LogP contribution in [0.1, 0.15) is 44.1 Å². The zero-order valence-electron chi connectivity index (χ0n) is 11.2. The van der Waals surface area contributed by atoms with E-state index in [1.165, 1.54) is 38.5 Å². The fourth-order valence-electron chi connectivity index (χ4n) is 3.90. The molecule has 3 aliphatic carbocycles. The van der Waals surface area contributed by atoms with Crippen LogP contribution < -0.4 is 0 Å². The molecule has 1 heteroatoms. The zero-order chi connectivity index (χ0) is 12.5. The quantitative estimate of drug-likeness (QED) is 0.712. The van der Waals surface area contributed by atoms with Crippen molar-refractivity contribution in [1.82, 2.24) is 0 Å². The molecule has 0 aliphatic heterocycles. The highest BCUT2D eigenvalue weighted by molar-refractivity contribution is 5.29. The normalized spacial score (nSPS) is 34.9. The number of allylic oxidation sites excluding steroid dienone is 1. The Hall–Kier alpha value is -1.24. The molecule has 3 fully saturated rings. The maximum absolute atomic E-state index is 5.12. The first-order valence-corrected chi connectivity index (χ1v) is 7.05. The Labute approximate surface area is 110 Å². The lowest BCUT2D eigenvalue weighted by Gasteiger charge is -2.52. The van der Waals surface area contributed by atoms with Crippen molar-refractivity contribution in [3.8, 4) is 0 Å². The summed E-state index contributed by atoms with van der Waals surface area (Å²) in [5, 5.41) is 0. The Kier molecular flexibility index (Phi) is 2.93. The maximum atomic E-state index is 5.12. The monoisotopic (exact) mass is 242 g/mol. The van der Waals surface area contributed by atoms with Gasteiger partial charge in [-0.15, -0.1) is 0 Å². The van der Waals surface area contributed by atoms with Crippen LogP contribution in [0.25, 0.3) is 0 Å². The minimum Gasteiger partial charge on any atom is -0.505 e. The van der Waals surface area contributed by atoms with Crippen molar-refractivity contribution in [2.75, 3.05) is 7.11 Å². The second kappa shape index (κ2) is 4.46. The zero-order valence-corrected chi connectivity index (χ0v) is 11.2. The molecule has 1 nitrogen and oxygen atoms in total. The van der Waals surface area contributed by atoms with Crippen LogP contribution in [0.3, 0.4) is 0 Å². The van der Waals surface area contributed by atoms with Crippen LogP contribution in [0.4, 0.5) is 0 Å². The topological polar surface area (TPSA) is 9.23 Å². The third-order valence-electron chi connectivity index (χ3n) is 5.25. The highest BCUT2D eigenvalue weighted by atomic mass is 16.5. The first kappa shape index (κ1) is 11.8. The molecular formula is C17H22O. The fraction of sp³-hybridized carbons (Fsp3) is 0.529. The van der Waals surface area contributed by atoms with Crippen LogP contribution in [-0.2, 0) is 10.2 Å². The molecule has 18 heavy (non-hydrogen) atoms. The lowest BCUT2D eigenvalue weighted by atomic mass is 9.52. The van der Waals surface area contributed by atoms with Gasteiger partial charge in [-0.3, -0.25) is 0 Å². The summed E-state index contributed by atoms with van der Waals surface area (Å²) in [6.45, 7) is 0. The molecule has 0 atom stereocenters. The van der Waals surface area contributed by atoms with Gasteiger partial charge in [0.05, 0.1) is 13.4 Å². The van der Waals surface area contributed by atoms with Gasteiger partial charge >= 0.3 is 0 Å². The Balaban J connectivity index is 1.81. The van der Waals surface area contributed by atoms with Crippen molar-refractivity contribution >= 4 is 0 Å². The van der Waals surface area contributed by atoms with Crippen molar-refractivity contribution in [2.24, 2.45) is 5.41 Å². The van der Waals surface area contributed by atoms with E-state index in [1.54, 1.807) is 12.7 Å². The van der Waals surface area contributed by atoms with Crippen LogP contribution in [0.5, 0.6) is 0 Å². The summed E-state index contributed by atoms with van der Waals surface area (Å²) >= 11 is 0. The summed E-state index contributed by atoms with van der Waals surface area (Å²) in [5.74, 6) is 0. The molecule has 0 radical (unpaired) electrons. The van der Waals surface area contributed by atoms with Crippen molar-refractivity contribution < 1.29 is 4.74 Å². The van der Waals surface area contributed by atoms with Crippen LogP contribution in [-0.4, -0.2) is 7.11 Å². The smallest absolute Gasteiger partial charge is 0.0790 e. The van der Waals surface area contributed by atoms with Gasteiger partial charge in [-0.1, -0.05) is 30.3 Å². The number of ether oxygens (including phenoxy) is 1. The maximum Gasteiger partial charge on any atom is 0.0790 e. The fourth-order valence-corrected chi connectivity index (χ4v) is 3.90. The first-order valence-electron chi connectivity index (χ1n) is 7.05. The SMILES string of the molecule is CO/C=C/C12CCC(c3ccccc3)(CC1)CC2. The second-order valence-corrected chi connectivity index (χ2v) is 6.05. The standard InChI is InChI=1S/C17H22O/c1-18-14-13-16-7-10-17(11-8-16,12-9-16)15-5-3-2-4-6-15/h2-6,13-14H,7-12H2,1H3/b14-13+. The van der Waals surface area contributed by atoms with E-state index in [-0.39, 0.29) is 0 Å². The second-order valence-electron chi connectivity index (χ2n) is 6.05. The van der Waals surface area contributed by atoms with Gasteiger partial charge in [0.25, 0.3) is 0 Å². The molecule has 1 aromatic carbocycles. The molecule has 2 bridgehead atoms. The molecule has 3 aliphatic rings. The van der Waals surface area contributed by atoms with Crippen molar-refractivity contribution in [3.05, 3.63) is 48.2 Å². The molecule has 0 aromatic heterocycles. The van der Waals surface area contributed by atoms with Crippen molar-refractivity contribution in [3.63, 3.8) is 0 Å². The first-order chi connectivity index (χ1) is 8.79. The van der Waals surface area contributed by atoms with Crippen LogP contribution in [0, 0.1) is 5.41 Å². The van der Waals surface area contributed by atoms with Gasteiger partial charge in [0.15, 0.2) is 0 Å². The van der Waals surface area contributed by atoms with E-state index in [4.69, 9.17) is 4.74 Å². The van der Waals surface area contributed by atoms with Crippen molar-refractivity contribution in [2.45, 2.75) is 43.9 Å². The molecule has 1 aromatic rings. The van der Waals surface area contributed by atoms with Gasteiger partial charge in [-0.25, -0.2) is 0 Å². The van der Waals surface area contributed by atoms with Crippen molar-refractivity contribution in [1.29, 1.82) is 0 Å². The molecule has 96 valence electrons. The molecule has 0 saturated heterocycles. The lowest BCUT2D eigenvalue weighted by Crippen LogP contribution is -2.43. The molecule has 0 unspecified atom stereocenters. The Morgan fingerprint density at radius 3 is 2.11 bits per heavy atom. The Bertz CT molecular complexity index is 408. The minimum atomic E-state index is 0.437. The minimum absolute atomic E-state index is 0.437. The number of methoxy groups -OCH3 is 1. The molecule has 0 spiro atoms. The highest BCUT2D eigenvalue weighted by Gasteiger charge is 2.47. The molecule has 0 amide bonds. The van der Waals surface area contributed by atoms with Crippen LogP contribution in [0.15, 0.2) is 42.7 Å². The lowest BCUT2D eigenvalue weighted by molar-refractivity contribution is 0.0768. The summed E-state index contributed by atoms with van der Waals surface area (Å²) in [4.78, 5) is 0. The number of hydrogen-bond donors (Lipinski definition) is 0. The van der Waals surface area contributed by atoms with E-state index in [2.05, 4.69) is 36.4 Å². The van der Waals surface area contributed by atoms with Gasteiger partial charge in [0.2, 0.25) is 0 Å². The molecular weight excluding hydrogens is 220 g/mol. The van der Waals surface area contributed by atoms with Crippen LogP contribution in [0.2, 0.25) is 0 Å². The summed E-state index contributed by atoms with van der Waals surface area (Å²) < 4.78 is 5.12. The van der Waals surface area contributed by atoms with E-state index in [1.807, 2.05) is 6.26 Å². The van der Waals surface area contributed by atoms with E-state index in [9.17, 15) is 0 Å². The third kappa shape index (κ3) is 1.86. The molecule has 4 rings (SSSR count). The predicted octanol–water partition coefficient (Wildman–Crippen LogP) is 4.44. The van der Waals surface area contributed by atoms with Gasteiger partial charge in [-0.05, 0) is 61.0 Å². The largest absolute Gasteiger partial charge is 0.505 e. The van der Waals surface area contributed by atoms with E-state index < -0.39 is 0 Å². The summed E-state index contributed by atoms with van der Waals surface area (Å²) in [6, 6.07) is 11.1. The Morgan fingerprint density at radius 1 is 0.944 bits per heavy atom. The van der Waals surface area contributed by atoms with Gasteiger partial charge < -0.3 is 4.74 Å². The van der Waals surface area contributed by atoms with Gasteiger partial charge in [0, 0.05) is 0 Å². The van der Waals surface area contributed by atoms with E-state index >= 15 is 0 Å². The molecule has 0 heterocycles. The van der Waals surface area contributed by atoms with Gasteiger partial charge in [0.1, 0.15) is 0 Å². The average Bonchev–Trinajstić information content (AvgIpc) is 2.48. The number of rotatable bonds is 3. The predicted molar refractivity (Wildman–Crippen MR) is 74.4 cm³/mol. The molecule has 3 saturated carbocycles. The summed E-state index contributed by atoms with van der Waals surface area (Å²) in [6.07, 6.45) is 12.2. The number of hydrogen-bond acceptors (Lipinski definition) is 1. The average molecular weight is 242 g/mol. The molecule has 0 N–H and O–H groups in total. The van der Waals surface area contributed by atoms with Gasteiger partial charge in [-0.2, -0.15) is 0 Å². The summed E-state index contributed by atoms with van der Waals surface area (Å²) in [5.41, 5.74) is 2.48. The highest BCUT2D eigenvalue weighted by Crippen LogP contribution is 2.58.